The smallest absolute Gasteiger partial charge is 0.152 e. The topological polar surface area (TPSA) is 68.3 Å². The van der Waals surface area contributed by atoms with E-state index in [4.69, 9.17) is 0 Å². The van der Waals surface area contributed by atoms with Crippen LogP contribution in [0.5, 0.6) is 0 Å². The van der Waals surface area contributed by atoms with Gasteiger partial charge in [-0.3, -0.25) is 9.59 Å². The molecule has 0 amide bonds. The van der Waals surface area contributed by atoms with Crippen LogP contribution in [0, 0.1) is 0 Å². The van der Waals surface area contributed by atoms with E-state index in [2.05, 4.69) is 6.58 Å². The fourth-order valence-corrected chi connectivity index (χ4v) is 0.0671. The van der Waals surface area contributed by atoms with E-state index in [1.54, 1.807) is 0 Å². The number of aldehydes is 4. The van der Waals surface area contributed by atoms with Crippen LogP contribution in [0.2, 0.25) is 0 Å². The van der Waals surface area contributed by atoms with Gasteiger partial charge in [-0.25, -0.2) is 0 Å². The van der Waals surface area contributed by atoms with Crippen molar-refractivity contribution in [3.63, 3.8) is 0 Å². The van der Waals surface area contributed by atoms with Crippen molar-refractivity contribution >= 4 is 49.1 Å². The second-order valence-electron chi connectivity index (χ2n) is 1.38. The first-order chi connectivity index (χ1) is 5.22. The normalized spacial score (nSPS) is 5.54. The molecule has 4 nitrogen and oxygen atoms in total. The minimum Gasteiger partial charge on any atom is -0.303 e. The van der Waals surface area contributed by atoms with Gasteiger partial charge in [-0.15, -0.1) is 24.0 Å². The number of carbonyl (C=O) groups excluding carboxylic acids is 4. The summed E-state index contributed by atoms with van der Waals surface area (Å²) in [7, 11) is 0. The van der Waals surface area contributed by atoms with Crippen LogP contribution in [0.25, 0.3) is 0 Å². The Morgan fingerprint density at radius 1 is 1.00 bits per heavy atom. The summed E-state index contributed by atoms with van der Waals surface area (Å²) < 4.78 is 0. The molecule has 0 radical (unpaired) electrons. The molecule has 0 saturated heterocycles. The lowest BCUT2D eigenvalue weighted by molar-refractivity contribution is -0.114. The monoisotopic (exact) mass is 300 g/mol. The van der Waals surface area contributed by atoms with Gasteiger partial charge in [0.15, 0.2) is 12.6 Å². The van der Waals surface area contributed by atoms with Crippen molar-refractivity contribution in [2.75, 3.05) is 0 Å². The van der Waals surface area contributed by atoms with Gasteiger partial charge in [0.1, 0.15) is 12.6 Å². The second-order valence-corrected chi connectivity index (χ2v) is 1.38. The molecule has 0 fully saturated rings. The Kier molecular flexibility index (Phi) is 39.3. The molecule has 5 heteroatoms. The summed E-state index contributed by atoms with van der Waals surface area (Å²) in [5.74, 6) is 0. The predicted molar refractivity (Wildman–Crippen MR) is 60.2 cm³/mol. The summed E-state index contributed by atoms with van der Waals surface area (Å²) in [6.07, 6.45) is 1.97. The molecule has 0 unspecified atom stereocenters. The Morgan fingerprint density at radius 3 is 1.31 bits per heavy atom. The van der Waals surface area contributed by atoms with Crippen molar-refractivity contribution in [2.24, 2.45) is 0 Å². The van der Waals surface area contributed by atoms with E-state index in [0.29, 0.717) is 25.1 Å². The van der Waals surface area contributed by atoms with E-state index in [9.17, 15) is 19.2 Å². The third-order valence-electron chi connectivity index (χ3n) is 0.495. The van der Waals surface area contributed by atoms with Gasteiger partial charge in [0.05, 0.1) is 6.42 Å². The van der Waals surface area contributed by atoms with Crippen LogP contribution in [0.15, 0.2) is 12.2 Å². The molecule has 0 aromatic rings. The molecular weight excluding hydrogens is 287 g/mol. The van der Waals surface area contributed by atoms with Gasteiger partial charge in [-0.1, -0.05) is 14.0 Å². The van der Waals surface area contributed by atoms with Crippen molar-refractivity contribution in [1.82, 2.24) is 0 Å². The lowest BCUT2D eigenvalue weighted by Crippen LogP contribution is -1.78. The van der Waals surface area contributed by atoms with E-state index < -0.39 is 0 Å². The minimum atomic E-state index is -0.0185. The molecule has 0 aromatic carbocycles. The number of hydrogen-bond acceptors (Lipinski definition) is 4. The Balaban J connectivity index is -0.0000000546. The quantitative estimate of drug-likeness (QED) is 0.255. The van der Waals surface area contributed by atoms with Crippen LogP contribution in [0.4, 0.5) is 0 Å². The molecule has 0 heterocycles. The van der Waals surface area contributed by atoms with E-state index in [1.165, 1.54) is 0 Å². The van der Waals surface area contributed by atoms with Crippen LogP contribution < -0.4 is 0 Å². The fourth-order valence-electron chi connectivity index (χ4n) is 0.0671. The number of halogens is 1. The first-order valence-corrected chi connectivity index (χ1v) is 2.69. The highest BCUT2D eigenvalue weighted by molar-refractivity contribution is 14.0. The summed E-state index contributed by atoms with van der Waals surface area (Å²) in [6.45, 7) is 3.06. The first kappa shape index (κ1) is 22.7. The molecule has 0 saturated carbocycles. The Hall–Kier alpha value is -0.850. The Morgan fingerprint density at radius 2 is 1.31 bits per heavy atom. The van der Waals surface area contributed by atoms with E-state index in [0.717, 1.165) is 0 Å². The maximum Gasteiger partial charge on any atom is 0.152 e. The molecule has 0 bridgehead atoms. The van der Waals surface area contributed by atoms with Crippen LogP contribution in [-0.4, -0.2) is 25.1 Å². The summed E-state index contributed by atoms with van der Waals surface area (Å²) in [4.78, 5) is 37.2. The Labute approximate surface area is 94.4 Å². The summed E-state index contributed by atoms with van der Waals surface area (Å²) in [5.41, 5.74) is -0.0185. The van der Waals surface area contributed by atoms with Crippen molar-refractivity contribution in [1.29, 1.82) is 0 Å². The highest BCUT2D eigenvalue weighted by Gasteiger charge is 1.77. The molecule has 0 aliphatic heterocycles. The second kappa shape index (κ2) is 22.5. The molecule has 0 N–H and O–H groups in total. The molecule has 0 rings (SSSR count). The number of allylic oxidation sites excluding steroid dienone is 1. The van der Waals surface area contributed by atoms with Crippen molar-refractivity contribution in [2.45, 2.75) is 13.8 Å². The van der Waals surface area contributed by atoms with Gasteiger partial charge in [0, 0.05) is 5.57 Å². The fraction of sp³-hybridized carbons (Fsp3) is 0.250. The van der Waals surface area contributed by atoms with Crippen molar-refractivity contribution in [3.8, 4) is 0 Å². The highest BCUT2D eigenvalue weighted by atomic mass is 127. The molecule has 13 heavy (non-hydrogen) atoms. The number of hydrogen-bond donors (Lipinski definition) is 0. The van der Waals surface area contributed by atoms with Crippen molar-refractivity contribution < 1.29 is 19.2 Å². The summed E-state index contributed by atoms with van der Waals surface area (Å²) in [5, 5.41) is 0. The van der Waals surface area contributed by atoms with E-state index in [-0.39, 0.29) is 43.4 Å². The van der Waals surface area contributed by atoms with Crippen LogP contribution in [0.1, 0.15) is 13.8 Å². The third kappa shape index (κ3) is 35.2. The zero-order valence-electron chi connectivity index (χ0n) is 6.26. The average Bonchev–Trinajstić information content (AvgIpc) is 2.06. The van der Waals surface area contributed by atoms with Crippen LogP contribution in [0.3, 0.4) is 0 Å². The highest BCUT2D eigenvalue weighted by Crippen LogP contribution is 1.68. The van der Waals surface area contributed by atoms with Crippen LogP contribution in [-0.2, 0) is 19.2 Å². The molecule has 0 aliphatic rings. The lowest BCUT2D eigenvalue weighted by atomic mass is 10.4. The van der Waals surface area contributed by atoms with Gasteiger partial charge in [0.25, 0.3) is 0 Å². The zero-order valence-corrected chi connectivity index (χ0v) is 8.60. The van der Waals surface area contributed by atoms with Gasteiger partial charge >= 0.3 is 0 Å². The summed E-state index contributed by atoms with van der Waals surface area (Å²) >= 11 is 0. The molecule has 0 spiro atoms. The largest absolute Gasteiger partial charge is 0.303 e. The molecule has 0 aromatic heterocycles. The average molecular weight is 300 g/mol. The van der Waals surface area contributed by atoms with E-state index in [1.807, 2.05) is 0 Å². The maximum absolute atomic E-state index is 9.41. The van der Waals surface area contributed by atoms with Gasteiger partial charge in [-0.2, -0.15) is 0 Å². The van der Waals surface area contributed by atoms with Crippen LogP contribution >= 0.6 is 24.0 Å². The van der Waals surface area contributed by atoms with Gasteiger partial charge in [0.2, 0.25) is 0 Å². The molecule has 76 valence electrons. The third-order valence-corrected chi connectivity index (χ3v) is 0.495. The maximum atomic E-state index is 9.41. The molecular formula is C8H13IO4. The summed E-state index contributed by atoms with van der Waals surface area (Å²) in [6, 6.07) is 0. The predicted octanol–water partition coefficient (Wildman–Crippen LogP) is 0.969. The molecule has 0 atom stereocenters. The first-order valence-electron chi connectivity index (χ1n) is 2.69. The number of carbonyl (C=O) groups is 4. The lowest BCUT2D eigenvalue weighted by Gasteiger charge is -1.66. The van der Waals surface area contributed by atoms with Crippen molar-refractivity contribution in [3.05, 3.63) is 12.2 Å². The zero-order chi connectivity index (χ0) is 9.11. The minimum absolute atomic E-state index is 0. The van der Waals surface area contributed by atoms with E-state index >= 15 is 0 Å². The van der Waals surface area contributed by atoms with Gasteiger partial charge in [-0.05, 0) is 0 Å². The standard InChI is InChI=1S/C4H4O2.C3H4O2.CH4.HI/c1-4(2-5)3-6;4-2-1-3-5;;/h2-3H,1H2;2-3H,1H2;1H4;1H. The Bertz CT molecular complexity index is 150. The molecule has 0 aliphatic carbocycles. The SMILES string of the molecule is C.C=C(C=O)C=O.I.O=CCC=O. The number of rotatable bonds is 4. The van der Waals surface area contributed by atoms with Gasteiger partial charge < -0.3 is 9.59 Å².